The summed E-state index contributed by atoms with van der Waals surface area (Å²) in [7, 11) is 0. The highest BCUT2D eigenvalue weighted by Crippen LogP contribution is 2.46. The minimum absolute atomic E-state index is 0.0139. The SMILES string of the molecule is C[C@@H]1[C@H](C(c2ccccc2)C(F)(F)F)C[C@H](N)C(=O)N1OC(=O)c1ccc([N+](=O)[O-])cc1. The summed E-state index contributed by atoms with van der Waals surface area (Å²) < 4.78 is 42.1. The van der Waals surface area contributed by atoms with Crippen molar-refractivity contribution in [1.29, 1.82) is 0 Å². The highest BCUT2D eigenvalue weighted by molar-refractivity contribution is 5.91. The Labute approximate surface area is 180 Å². The van der Waals surface area contributed by atoms with Crippen LogP contribution in [0.15, 0.2) is 54.6 Å². The van der Waals surface area contributed by atoms with E-state index in [1.54, 1.807) is 6.07 Å². The Morgan fingerprint density at radius 1 is 1.19 bits per heavy atom. The number of benzene rings is 2. The van der Waals surface area contributed by atoms with Crippen LogP contribution in [-0.2, 0) is 9.63 Å². The highest BCUT2D eigenvalue weighted by Gasteiger charge is 2.52. The van der Waals surface area contributed by atoms with Gasteiger partial charge in [0.25, 0.3) is 11.6 Å². The molecule has 0 saturated carbocycles. The molecule has 8 nitrogen and oxygen atoms in total. The number of hydrogen-bond donors (Lipinski definition) is 1. The topological polar surface area (TPSA) is 116 Å². The van der Waals surface area contributed by atoms with Crippen molar-refractivity contribution in [3.63, 3.8) is 0 Å². The summed E-state index contributed by atoms with van der Waals surface area (Å²) in [6.45, 7) is 1.36. The summed E-state index contributed by atoms with van der Waals surface area (Å²) >= 11 is 0. The molecule has 1 unspecified atom stereocenters. The first-order chi connectivity index (χ1) is 15.0. The van der Waals surface area contributed by atoms with Gasteiger partial charge in [-0.2, -0.15) is 18.2 Å². The molecule has 1 saturated heterocycles. The van der Waals surface area contributed by atoms with Gasteiger partial charge >= 0.3 is 12.1 Å². The first-order valence-corrected chi connectivity index (χ1v) is 9.67. The third kappa shape index (κ3) is 4.72. The number of nitro groups is 1. The van der Waals surface area contributed by atoms with E-state index in [9.17, 15) is 32.9 Å². The van der Waals surface area contributed by atoms with Gasteiger partial charge in [-0.05, 0) is 31.0 Å². The van der Waals surface area contributed by atoms with Crippen molar-refractivity contribution in [1.82, 2.24) is 5.06 Å². The van der Waals surface area contributed by atoms with Crippen molar-refractivity contribution in [2.75, 3.05) is 0 Å². The van der Waals surface area contributed by atoms with Crippen LogP contribution in [0.2, 0.25) is 0 Å². The van der Waals surface area contributed by atoms with E-state index in [-0.39, 0.29) is 23.2 Å². The number of rotatable bonds is 5. The molecule has 4 atom stereocenters. The number of nitro benzene ring substituents is 1. The van der Waals surface area contributed by atoms with Crippen molar-refractivity contribution < 1.29 is 32.5 Å². The monoisotopic (exact) mass is 451 g/mol. The summed E-state index contributed by atoms with van der Waals surface area (Å²) in [4.78, 5) is 40.3. The van der Waals surface area contributed by atoms with Gasteiger partial charge in [0.1, 0.15) is 0 Å². The van der Waals surface area contributed by atoms with E-state index in [0.717, 1.165) is 24.3 Å². The number of carbonyl (C=O) groups excluding carboxylic acids is 2. The standard InChI is InChI=1S/C21H20F3N3O5/c1-12-16(18(21(22,23)24)13-5-3-2-4-6-13)11-17(25)19(28)26(12)32-20(29)14-7-9-15(10-8-14)27(30)31/h2-10,12,16-18H,11,25H2,1H3/t12-,16-,17+,18?/m1/s1. The Kier molecular flexibility index (Phi) is 6.49. The molecule has 1 amide bonds. The number of halogens is 3. The Morgan fingerprint density at radius 2 is 1.78 bits per heavy atom. The number of amides is 1. The van der Waals surface area contributed by atoms with E-state index in [0.29, 0.717) is 5.06 Å². The number of non-ortho nitro benzene ring substituents is 1. The van der Waals surface area contributed by atoms with Crippen LogP contribution >= 0.6 is 0 Å². The third-order valence-corrected chi connectivity index (χ3v) is 5.48. The van der Waals surface area contributed by atoms with Crippen LogP contribution in [0.1, 0.15) is 35.2 Å². The molecule has 0 aliphatic carbocycles. The summed E-state index contributed by atoms with van der Waals surface area (Å²) in [5.41, 5.74) is 5.47. The number of piperidine rings is 1. The van der Waals surface area contributed by atoms with Crippen molar-refractivity contribution >= 4 is 17.6 Å². The molecular formula is C21H20F3N3O5. The van der Waals surface area contributed by atoms with Gasteiger partial charge in [0.15, 0.2) is 0 Å². The van der Waals surface area contributed by atoms with E-state index in [4.69, 9.17) is 10.6 Å². The molecule has 2 aromatic carbocycles. The van der Waals surface area contributed by atoms with E-state index in [1.807, 2.05) is 0 Å². The van der Waals surface area contributed by atoms with E-state index in [1.165, 1.54) is 31.2 Å². The maximum atomic E-state index is 14.0. The second-order valence-electron chi connectivity index (χ2n) is 7.52. The average Bonchev–Trinajstić information content (AvgIpc) is 2.74. The van der Waals surface area contributed by atoms with E-state index in [2.05, 4.69) is 0 Å². The molecule has 2 N–H and O–H groups in total. The molecule has 0 bridgehead atoms. The second kappa shape index (κ2) is 8.95. The Hall–Kier alpha value is -3.47. The zero-order valence-electron chi connectivity index (χ0n) is 16.9. The van der Waals surface area contributed by atoms with Crippen LogP contribution in [-0.4, -0.2) is 40.1 Å². The zero-order valence-corrected chi connectivity index (χ0v) is 16.9. The molecule has 1 aliphatic rings. The maximum absolute atomic E-state index is 14.0. The summed E-state index contributed by atoms with van der Waals surface area (Å²) in [5.74, 6) is -4.97. The quantitative estimate of drug-likeness (QED) is 0.549. The largest absolute Gasteiger partial charge is 0.396 e. The molecule has 2 aromatic rings. The average molecular weight is 451 g/mol. The van der Waals surface area contributed by atoms with Crippen molar-refractivity contribution in [2.24, 2.45) is 11.7 Å². The fourth-order valence-electron chi connectivity index (χ4n) is 3.87. The number of hydroxylamine groups is 2. The van der Waals surface area contributed by atoms with Crippen LogP contribution in [0.4, 0.5) is 18.9 Å². The lowest BCUT2D eigenvalue weighted by atomic mass is 9.75. The van der Waals surface area contributed by atoms with Gasteiger partial charge in [-0.3, -0.25) is 14.9 Å². The van der Waals surface area contributed by atoms with Crippen LogP contribution < -0.4 is 5.73 Å². The number of hydrogen-bond acceptors (Lipinski definition) is 6. The van der Waals surface area contributed by atoms with Crippen LogP contribution in [0.3, 0.4) is 0 Å². The molecule has 1 aliphatic heterocycles. The summed E-state index contributed by atoms with van der Waals surface area (Å²) in [6.07, 6.45) is -4.88. The molecule has 0 aromatic heterocycles. The Bertz CT molecular complexity index is 998. The molecule has 1 fully saturated rings. The van der Waals surface area contributed by atoms with Crippen LogP contribution in [0.5, 0.6) is 0 Å². The van der Waals surface area contributed by atoms with Gasteiger partial charge in [0, 0.05) is 18.1 Å². The van der Waals surface area contributed by atoms with Crippen LogP contribution in [0.25, 0.3) is 0 Å². The van der Waals surface area contributed by atoms with Crippen molar-refractivity contribution in [3.8, 4) is 0 Å². The van der Waals surface area contributed by atoms with Gasteiger partial charge in [0.05, 0.1) is 28.5 Å². The first-order valence-electron chi connectivity index (χ1n) is 9.67. The molecule has 11 heteroatoms. The van der Waals surface area contributed by atoms with Gasteiger partial charge in [-0.1, -0.05) is 30.3 Å². The van der Waals surface area contributed by atoms with Gasteiger partial charge in [-0.25, -0.2) is 4.79 Å². The number of nitrogens with two attached hydrogens (primary N) is 1. The summed E-state index contributed by atoms with van der Waals surface area (Å²) in [6, 6.07) is 9.22. The second-order valence-corrected chi connectivity index (χ2v) is 7.52. The van der Waals surface area contributed by atoms with Gasteiger partial charge in [0.2, 0.25) is 0 Å². The van der Waals surface area contributed by atoms with Gasteiger partial charge in [-0.15, -0.1) is 0 Å². The molecule has 170 valence electrons. The highest BCUT2D eigenvalue weighted by atomic mass is 19.4. The van der Waals surface area contributed by atoms with Crippen LogP contribution in [0, 0.1) is 16.0 Å². The van der Waals surface area contributed by atoms with Crippen molar-refractivity contribution in [2.45, 2.75) is 37.5 Å². The molecule has 0 radical (unpaired) electrons. The summed E-state index contributed by atoms with van der Waals surface area (Å²) in [5, 5.41) is 11.3. The minimum Gasteiger partial charge on any atom is -0.332 e. The smallest absolute Gasteiger partial charge is 0.332 e. The predicted molar refractivity (Wildman–Crippen MR) is 106 cm³/mol. The Balaban J connectivity index is 1.88. The van der Waals surface area contributed by atoms with E-state index < -0.39 is 46.9 Å². The zero-order chi connectivity index (χ0) is 23.6. The lowest BCUT2D eigenvalue weighted by Gasteiger charge is -2.43. The normalized spacial score (nSPS) is 22.3. The lowest BCUT2D eigenvalue weighted by molar-refractivity contribution is -0.384. The fourth-order valence-corrected chi connectivity index (χ4v) is 3.87. The first kappa shape index (κ1) is 23.2. The maximum Gasteiger partial charge on any atom is 0.396 e. The lowest BCUT2D eigenvalue weighted by Crippen LogP contribution is -2.58. The molecule has 1 heterocycles. The fraction of sp³-hybridized carbons (Fsp3) is 0.333. The molecular weight excluding hydrogens is 431 g/mol. The predicted octanol–water partition coefficient (Wildman–Crippen LogP) is 3.58. The number of carbonyl (C=O) groups is 2. The third-order valence-electron chi connectivity index (χ3n) is 5.48. The molecule has 0 spiro atoms. The Morgan fingerprint density at radius 3 is 2.31 bits per heavy atom. The minimum atomic E-state index is -4.63. The molecule has 3 rings (SSSR count). The van der Waals surface area contributed by atoms with E-state index >= 15 is 0 Å². The van der Waals surface area contributed by atoms with Crippen molar-refractivity contribution in [3.05, 3.63) is 75.8 Å². The molecule has 32 heavy (non-hydrogen) atoms. The number of nitrogens with zero attached hydrogens (tertiary/aromatic N) is 2. The van der Waals surface area contributed by atoms with Gasteiger partial charge < -0.3 is 10.6 Å². The number of alkyl halides is 3.